The highest BCUT2D eigenvalue weighted by molar-refractivity contribution is 7.88. The van der Waals surface area contributed by atoms with Gasteiger partial charge in [0.15, 0.2) is 0 Å². The second kappa shape index (κ2) is 4.76. The molecule has 4 nitrogen and oxygen atoms in total. The van der Waals surface area contributed by atoms with E-state index in [0.29, 0.717) is 0 Å². The summed E-state index contributed by atoms with van der Waals surface area (Å²) in [5.74, 6) is 0. The second-order valence-corrected chi connectivity index (χ2v) is 3.53. The van der Waals surface area contributed by atoms with E-state index in [4.69, 9.17) is 4.55 Å². The van der Waals surface area contributed by atoms with Crippen molar-refractivity contribution in [1.29, 1.82) is 0 Å². The molecule has 0 bridgehead atoms. The quantitative estimate of drug-likeness (QED) is 0.708. The molecule has 1 aromatic rings. The molecule has 0 saturated heterocycles. The van der Waals surface area contributed by atoms with Crippen LogP contribution in [-0.4, -0.2) is 18.4 Å². The third-order valence-corrected chi connectivity index (χ3v) is 1.71. The molecule has 1 rings (SSSR count). The molecule has 0 amide bonds. The van der Waals surface area contributed by atoms with Gasteiger partial charge in [0, 0.05) is 0 Å². The van der Waals surface area contributed by atoms with E-state index in [1.165, 1.54) is 6.08 Å². The lowest BCUT2D eigenvalue weighted by molar-refractivity contribution is 0.494. The Morgan fingerprint density at radius 3 is 2.15 bits per heavy atom. The first-order valence-electron chi connectivity index (χ1n) is 3.28. The fraction of sp³-hybridized carbons (Fsp3) is 0. The molecule has 0 aliphatic rings. The Bertz CT molecular complexity index is 366. The first kappa shape index (κ1) is 11.8. The van der Waals surface area contributed by atoms with E-state index < -0.39 is 10.1 Å². The van der Waals surface area contributed by atoms with Crippen molar-refractivity contribution in [2.75, 3.05) is 0 Å². The molecule has 0 atom stereocenters. The van der Waals surface area contributed by atoms with Crippen LogP contribution in [-0.2, 0) is 10.1 Å². The van der Waals surface area contributed by atoms with E-state index in [2.05, 4.69) is 0 Å². The SMILES string of the molecule is O=S(=O)(O)C=Cc1ccccc1.[OH]. The number of benzene rings is 1. The zero-order valence-corrected chi connectivity index (χ0v) is 7.48. The van der Waals surface area contributed by atoms with Gasteiger partial charge in [0.25, 0.3) is 10.1 Å². The number of hydrogen-bond donors (Lipinski definition) is 2. The van der Waals surface area contributed by atoms with Crippen LogP contribution in [0.5, 0.6) is 0 Å². The average molecular weight is 201 g/mol. The summed E-state index contributed by atoms with van der Waals surface area (Å²) in [4.78, 5) is 0. The molecule has 0 fully saturated rings. The molecular weight excluding hydrogens is 192 g/mol. The van der Waals surface area contributed by atoms with Crippen LogP contribution in [0.4, 0.5) is 0 Å². The van der Waals surface area contributed by atoms with E-state index in [0.717, 1.165) is 11.0 Å². The smallest absolute Gasteiger partial charge is 0.282 e. The van der Waals surface area contributed by atoms with Gasteiger partial charge in [-0.2, -0.15) is 8.42 Å². The minimum absolute atomic E-state index is 0. The molecule has 5 heteroatoms. The maximum absolute atomic E-state index is 10.3. The third-order valence-electron chi connectivity index (χ3n) is 1.23. The predicted octanol–water partition coefficient (Wildman–Crippen LogP) is 1.37. The van der Waals surface area contributed by atoms with Crippen molar-refractivity contribution < 1.29 is 18.4 Å². The summed E-state index contributed by atoms with van der Waals surface area (Å²) in [5.41, 5.74) is 0.732. The van der Waals surface area contributed by atoms with Gasteiger partial charge < -0.3 is 0 Å². The van der Waals surface area contributed by atoms with Gasteiger partial charge in [-0.25, -0.2) is 0 Å². The van der Waals surface area contributed by atoms with Gasteiger partial charge in [0.1, 0.15) is 0 Å². The Balaban J connectivity index is 0.00000144. The summed E-state index contributed by atoms with van der Waals surface area (Å²) in [7, 11) is -4.00. The lowest BCUT2D eigenvalue weighted by atomic mass is 10.2. The molecule has 1 radical (unpaired) electrons. The number of rotatable bonds is 2. The Morgan fingerprint density at radius 2 is 1.69 bits per heavy atom. The van der Waals surface area contributed by atoms with Gasteiger partial charge in [0.2, 0.25) is 0 Å². The standard InChI is InChI=1S/C8H8O3S.HO/c9-12(10,11)7-6-8-4-2-1-3-5-8;/h1-7H,(H,9,10,11);1H. The van der Waals surface area contributed by atoms with E-state index in [1.807, 2.05) is 6.07 Å². The monoisotopic (exact) mass is 201 g/mol. The summed E-state index contributed by atoms with van der Waals surface area (Å²) < 4.78 is 28.9. The zero-order chi connectivity index (χ0) is 9.03. The van der Waals surface area contributed by atoms with Crippen molar-refractivity contribution in [3.8, 4) is 0 Å². The highest BCUT2D eigenvalue weighted by Crippen LogP contribution is 2.01. The van der Waals surface area contributed by atoms with Crippen LogP contribution >= 0.6 is 0 Å². The van der Waals surface area contributed by atoms with Crippen LogP contribution in [0.15, 0.2) is 35.7 Å². The molecule has 71 valence electrons. The molecule has 2 N–H and O–H groups in total. The molecule has 0 saturated carbocycles. The summed E-state index contributed by atoms with van der Waals surface area (Å²) >= 11 is 0. The summed E-state index contributed by atoms with van der Waals surface area (Å²) in [6, 6.07) is 8.86. The van der Waals surface area contributed by atoms with Crippen LogP contribution in [0.1, 0.15) is 5.56 Å². The average Bonchev–Trinajstić information content (AvgIpc) is 2.02. The van der Waals surface area contributed by atoms with E-state index >= 15 is 0 Å². The van der Waals surface area contributed by atoms with Crippen LogP contribution in [0.3, 0.4) is 0 Å². The Morgan fingerprint density at radius 1 is 1.15 bits per heavy atom. The van der Waals surface area contributed by atoms with Gasteiger partial charge in [-0.05, 0) is 11.6 Å². The minimum Gasteiger partial charge on any atom is -0.282 e. The fourth-order valence-electron chi connectivity index (χ4n) is 0.729. The van der Waals surface area contributed by atoms with E-state index in [9.17, 15) is 8.42 Å². The first-order valence-corrected chi connectivity index (χ1v) is 4.79. The molecule has 13 heavy (non-hydrogen) atoms. The largest absolute Gasteiger partial charge is 0.287 e. The predicted molar refractivity (Wildman–Crippen MR) is 49.0 cm³/mol. The Kier molecular flexibility index (Phi) is 4.33. The van der Waals surface area contributed by atoms with E-state index in [1.54, 1.807) is 24.3 Å². The van der Waals surface area contributed by atoms with Gasteiger partial charge in [-0.15, -0.1) is 0 Å². The Hall–Kier alpha value is -1.17. The fourth-order valence-corrected chi connectivity index (χ4v) is 1.06. The molecule has 0 heterocycles. The lowest BCUT2D eigenvalue weighted by Crippen LogP contribution is -1.88. The molecule has 1 aromatic carbocycles. The highest BCUT2D eigenvalue weighted by Gasteiger charge is 1.94. The maximum atomic E-state index is 10.3. The lowest BCUT2D eigenvalue weighted by Gasteiger charge is -1.89. The van der Waals surface area contributed by atoms with Crippen molar-refractivity contribution in [3.63, 3.8) is 0 Å². The van der Waals surface area contributed by atoms with Crippen molar-refractivity contribution in [1.82, 2.24) is 0 Å². The molecule has 0 unspecified atom stereocenters. The zero-order valence-electron chi connectivity index (χ0n) is 6.66. The molecule has 0 aliphatic heterocycles. The van der Waals surface area contributed by atoms with E-state index in [-0.39, 0.29) is 5.48 Å². The van der Waals surface area contributed by atoms with Crippen molar-refractivity contribution in [3.05, 3.63) is 41.3 Å². The van der Waals surface area contributed by atoms with Gasteiger partial charge >= 0.3 is 0 Å². The van der Waals surface area contributed by atoms with Crippen LogP contribution < -0.4 is 0 Å². The van der Waals surface area contributed by atoms with Gasteiger partial charge in [0.05, 0.1) is 5.41 Å². The summed E-state index contributed by atoms with van der Waals surface area (Å²) in [6.45, 7) is 0. The second-order valence-electron chi connectivity index (χ2n) is 2.23. The van der Waals surface area contributed by atoms with Crippen molar-refractivity contribution in [2.24, 2.45) is 0 Å². The maximum Gasteiger partial charge on any atom is 0.287 e. The van der Waals surface area contributed by atoms with Crippen molar-refractivity contribution in [2.45, 2.75) is 0 Å². The Labute approximate surface area is 76.6 Å². The minimum atomic E-state index is -4.00. The molecular formula is C8H9O4S. The molecule has 0 spiro atoms. The van der Waals surface area contributed by atoms with Crippen LogP contribution in [0, 0.1) is 0 Å². The highest BCUT2D eigenvalue weighted by atomic mass is 32.2. The molecule has 0 aromatic heterocycles. The first-order chi connectivity index (χ1) is 5.58. The summed E-state index contributed by atoms with van der Waals surface area (Å²) in [5, 5.41) is 0.752. The third kappa shape index (κ3) is 5.13. The topological polar surface area (TPSA) is 84.4 Å². The molecule has 0 aliphatic carbocycles. The van der Waals surface area contributed by atoms with Gasteiger partial charge in [-0.3, -0.25) is 10.0 Å². The van der Waals surface area contributed by atoms with Gasteiger partial charge in [-0.1, -0.05) is 30.3 Å². The summed E-state index contributed by atoms with van der Waals surface area (Å²) in [6.07, 6.45) is 1.33. The van der Waals surface area contributed by atoms with Crippen LogP contribution in [0.25, 0.3) is 6.08 Å². The number of hydrogen-bond acceptors (Lipinski definition) is 2. The normalized spacial score (nSPS) is 11.2. The van der Waals surface area contributed by atoms with Crippen molar-refractivity contribution >= 4 is 16.2 Å². The van der Waals surface area contributed by atoms with Crippen LogP contribution in [0.2, 0.25) is 0 Å².